The average Bonchev–Trinajstić information content (AvgIpc) is 2.49. The minimum atomic E-state index is 0.250. The highest BCUT2D eigenvalue weighted by Gasteiger charge is 2.07. The van der Waals surface area contributed by atoms with E-state index in [1.165, 1.54) is 29.8 Å². The lowest BCUT2D eigenvalue weighted by Gasteiger charge is -2.20. The number of nitrogens with zero attached hydrogens (tertiary/aromatic N) is 1. The summed E-state index contributed by atoms with van der Waals surface area (Å²) in [5.74, 6) is 0. The van der Waals surface area contributed by atoms with Crippen molar-refractivity contribution in [3.8, 4) is 0 Å². The van der Waals surface area contributed by atoms with Crippen LogP contribution in [0.15, 0.2) is 5.51 Å². The van der Waals surface area contributed by atoms with Crippen LogP contribution < -0.4 is 5.32 Å². The van der Waals surface area contributed by atoms with Gasteiger partial charge in [-0.25, -0.2) is 4.98 Å². The van der Waals surface area contributed by atoms with Crippen LogP contribution in [0.1, 0.15) is 44.2 Å². The van der Waals surface area contributed by atoms with E-state index in [1.54, 1.807) is 11.3 Å². The summed E-state index contributed by atoms with van der Waals surface area (Å²) in [5, 5.41) is 3.50. The van der Waals surface area contributed by atoms with Gasteiger partial charge in [0, 0.05) is 10.4 Å². The molecule has 15 heavy (non-hydrogen) atoms. The van der Waals surface area contributed by atoms with Crippen LogP contribution in [0.5, 0.6) is 0 Å². The molecule has 1 aromatic heterocycles. The molecule has 2 nitrogen and oxygen atoms in total. The van der Waals surface area contributed by atoms with Gasteiger partial charge in [-0.1, -0.05) is 0 Å². The summed E-state index contributed by atoms with van der Waals surface area (Å²) in [6.07, 6.45) is 3.68. The second-order valence-corrected chi connectivity index (χ2v) is 5.93. The molecule has 1 N–H and O–H groups in total. The lowest BCUT2D eigenvalue weighted by Crippen LogP contribution is -2.36. The molecule has 0 aliphatic carbocycles. The van der Waals surface area contributed by atoms with E-state index in [9.17, 15) is 0 Å². The van der Waals surface area contributed by atoms with E-state index in [2.05, 4.69) is 38.0 Å². The van der Waals surface area contributed by atoms with E-state index in [1.807, 2.05) is 5.51 Å². The summed E-state index contributed by atoms with van der Waals surface area (Å²) in [5.41, 5.74) is 3.40. The second-order valence-electron chi connectivity index (χ2n) is 4.99. The fraction of sp³-hybridized carbons (Fsp3) is 0.750. The molecule has 0 amide bonds. The Morgan fingerprint density at radius 1 is 1.33 bits per heavy atom. The first-order chi connectivity index (χ1) is 6.99. The van der Waals surface area contributed by atoms with Gasteiger partial charge in [0.15, 0.2) is 0 Å². The molecule has 0 saturated heterocycles. The van der Waals surface area contributed by atoms with Gasteiger partial charge in [-0.15, -0.1) is 11.3 Å². The molecule has 1 rings (SSSR count). The number of aromatic nitrogens is 1. The van der Waals surface area contributed by atoms with Crippen LogP contribution in [0.2, 0.25) is 0 Å². The molecule has 0 unspecified atom stereocenters. The Morgan fingerprint density at radius 3 is 2.60 bits per heavy atom. The predicted molar refractivity (Wildman–Crippen MR) is 67.5 cm³/mol. The zero-order chi connectivity index (χ0) is 11.3. The lowest BCUT2D eigenvalue weighted by atomic mass is 10.1. The first-order valence-electron chi connectivity index (χ1n) is 5.63. The van der Waals surface area contributed by atoms with E-state index in [0.29, 0.717) is 0 Å². The summed E-state index contributed by atoms with van der Waals surface area (Å²) < 4.78 is 0. The second kappa shape index (κ2) is 5.61. The molecule has 1 aromatic rings. The van der Waals surface area contributed by atoms with Gasteiger partial charge < -0.3 is 5.32 Å². The molecule has 3 heteroatoms. The van der Waals surface area contributed by atoms with Crippen molar-refractivity contribution < 1.29 is 0 Å². The molecule has 0 aliphatic heterocycles. The van der Waals surface area contributed by atoms with Crippen molar-refractivity contribution in [1.82, 2.24) is 10.3 Å². The number of nitrogens with one attached hydrogen (secondary N) is 1. The molecule has 0 aliphatic rings. The van der Waals surface area contributed by atoms with Crippen molar-refractivity contribution >= 4 is 11.3 Å². The van der Waals surface area contributed by atoms with Crippen molar-refractivity contribution in [2.24, 2.45) is 0 Å². The SMILES string of the molecule is Cc1ncsc1CCCCNC(C)(C)C. The number of rotatable bonds is 5. The Kier molecular flexibility index (Phi) is 4.74. The zero-order valence-electron chi connectivity index (χ0n) is 10.3. The Morgan fingerprint density at radius 2 is 2.07 bits per heavy atom. The van der Waals surface area contributed by atoms with Gasteiger partial charge in [-0.2, -0.15) is 0 Å². The molecule has 0 bridgehead atoms. The molecule has 0 saturated carbocycles. The summed E-state index contributed by atoms with van der Waals surface area (Å²) in [4.78, 5) is 5.71. The molecule has 0 atom stereocenters. The minimum Gasteiger partial charge on any atom is -0.312 e. The van der Waals surface area contributed by atoms with Crippen molar-refractivity contribution in [2.45, 2.75) is 52.5 Å². The number of thiazole rings is 1. The van der Waals surface area contributed by atoms with Gasteiger partial charge in [-0.05, 0) is 53.5 Å². The Hall–Kier alpha value is -0.410. The van der Waals surface area contributed by atoms with Gasteiger partial charge in [0.25, 0.3) is 0 Å². The fourth-order valence-corrected chi connectivity index (χ4v) is 2.26. The Balaban J connectivity index is 2.10. The van der Waals surface area contributed by atoms with Gasteiger partial charge >= 0.3 is 0 Å². The highest BCUT2D eigenvalue weighted by atomic mass is 32.1. The minimum absolute atomic E-state index is 0.250. The van der Waals surface area contributed by atoms with Crippen LogP contribution in [0, 0.1) is 6.92 Å². The number of unbranched alkanes of at least 4 members (excludes halogenated alkanes) is 1. The summed E-state index contributed by atoms with van der Waals surface area (Å²) >= 11 is 1.78. The van der Waals surface area contributed by atoms with Crippen molar-refractivity contribution in [2.75, 3.05) is 6.54 Å². The van der Waals surface area contributed by atoms with E-state index in [-0.39, 0.29) is 5.54 Å². The normalized spacial score (nSPS) is 12.0. The largest absolute Gasteiger partial charge is 0.312 e. The van der Waals surface area contributed by atoms with Crippen molar-refractivity contribution in [3.05, 3.63) is 16.1 Å². The molecular formula is C12H22N2S. The maximum Gasteiger partial charge on any atom is 0.0797 e. The quantitative estimate of drug-likeness (QED) is 0.780. The standard InChI is InChI=1S/C12H22N2S/c1-10-11(15-9-13-10)7-5-6-8-14-12(2,3)4/h9,14H,5-8H2,1-4H3. The molecular weight excluding hydrogens is 204 g/mol. The van der Waals surface area contributed by atoms with Crippen LogP contribution in [0.25, 0.3) is 0 Å². The summed E-state index contributed by atoms with van der Waals surface area (Å²) in [6.45, 7) is 9.83. The van der Waals surface area contributed by atoms with Gasteiger partial charge in [0.1, 0.15) is 0 Å². The molecule has 1 heterocycles. The fourth-order valence-electron chi connectivity index (χ4n) is 1.44. The predicted octanol–water partition coefficient (Wildman–Crippen LogP) is 3.16. The number of hydrogen-bond donors (Lipinski definition) is 1. The van der Waals surface area contributed by atoms with Gasteiger partial charge in [0.2, 0.25) is 0 Å². The van der Waals surface area contributed by atoms with Gasteiger partial charge in [0.05, 0.1) is 11.2 Å². The van der Waals surface area contributed by atoms with E-state index >= 15 is 0 Å². The highest BCUT2D eigenvalue weighted by Crippen LogP contribution is 2.14. The average molecular weight is 226 g/mol. The van der Waals surface area contributed by atoms with Crippen molar-refractivity contribution in [3.63, 3.8) is 0 Å². The highest BCUT2D eigenvalue weighted by molar-refractivity contribution is 7.09. The lowest BCUT2D eigenvalue weighted by molar-refractivity contribution is 0.419. The molecule has 0 spiro atoms. The summed E-state index contributed by atoms with van der Waals surface area (Å²) in [6, 6.07) is 0. The van der Waals surface area contributed by atoms with Crippen LogP contribution in [0.4, 0.5) is 0 Å². The number of aryl methyl sites for hydroxylation is 2. The van der Waals surface area contributed by atoms with Crippen LogP contribution in [-0.2, 0) is 6.42 Å². The number of hydrogen-bond acceptors (Lipinski definition) is 3. The van der Waals surface area contributed by atoms with Crippen molar-refractivity contribution in [1.29, 1.82) is 0 Å². The maximum absolute atomic E-state index is 4.26. The first kappa shape index (κ1) is 12.7. The Bertz CT molecular complexity index is 286. The van der Waals surface area contributed by atoms with E-state index in [0.717, 1.165) is 6.54 Å². The third-order valence-corrected chi connectivity index (χ3v) is 3.33. The third kappa shape index (κ3) is 5.28. The van der Waals surface area contributed by atoms with E-state index < -0.39 is 0 Å². The molecule has 0 fully saturated rings. The first-order valence-corrected chi connectivity index (χ1v) is 6.51. The topological polar surface area (TPSA) is 24.9 Å². The van der Waals surface area contributed by atoms with Crippen LogP contribution >= 0.6 is 11.3 Å². The third-order valence-electron chi connectivity index (χ3n) is 2.33. The Labute approximate surface area is 97.1 Å². The molecule has 86 valence electrons. The molecule has 0 aromatic carbocycles. The zero-order valence-corrected chi connectivity index (χ0v) is 11.1. The summed E-state index contributed by atoms with van der Waals surface area (Å²) in [7, 11) is 0. The maximum atomic E-state index is 4.26. The monoisotopic (exact) mass is 226 g/mol. The molecule has 0 radical (unpaired) electrons. The van der Waals surface area contributed by atoms with Gasteiger partial charge in [-0.3, -0.25) is 0 Å². The van der Waals surface area contributed by atoms with Crippen LogP contribution in [-0.4, -0.2) is 17.1 Å². The smallest absolute Gasteiger partial charge is 0.0797 e. The van der Waals surface area contributed by atoms with E-state index in [4.69, 9.17) is 0 Å². The van der Waals surface area contributed by atoms with Crippen LogP contribution in [0.3, 0.4) is 0 Å².